The lowest BCUT2D eigenvalue weighted by Gasteiger charge is -2.34. The maximum absolute atomic E-state index is 13.7. The zero-order valence-corrected chi connectivity index (χ0v) is 11.0. The van der Waals surface area contributed by atoms with Crippen LogP contribution in [-0.2, 0) is 0 Å². The van der Waals surface area contributed by atoms with E-state index in [1.165, 1.54) is 0 Å². The quantitative estimate of drug-likeness (QED) is 0.379. The van der Waals surface area contributed by atoms with E-state index in [1.54, 1.807) is 0 Å². The van der Waals surface area contributed by atoms with Gasteiger partial charge in [-0.2, -0.15) is 0 Å². The highest BCUT2D eigenvalue weighted by Gasteiger charge is 2.33. The van der Waals surface area contributed by atoms with E-state index in [0.717, 1.165) is 11.3 Å². The molecule has 1 saturated heterocycles. The molecule has 0 radical (unpaired) electrons. The van der Waals surface area contributed by atoms with Crippen LogP contribution in [-0.4, -0.2) is 34.4 Å². The first kappa shape index (κ1) is 15.1. The maximum Gasteiger partial charge on any atom is 0.260 e. The molecule has 1 fully saturated rings. The molecule has 8 heteroatoms. The number of hydrogen-bond acceptors (Lipinski definition) is 3. The van der Waals surface area contributed by atoms with Gasteiger partial charge in [0, 0.05) is 18.7 Å². The number of nitrogens with two attached hydrogens (primary N) is 1. The van der Waals surface area contributed by atoms with Gasteiger partial charge < -0.3 is 15.8 Å². The minimum Gasteiger partial charge on any atom is -0.409 e. The zero-order chi connectivity index (χ0) is 15.6. The van der Waals surface area contributed by atoms with Crippen LogP contribution in [0.15, 0.2) is 17.3 Å². The van der Waals surface area contributed by atoms with Crippen LogP contribution in [0.25, 0.3) is 0 Å². The summed E-state index contributed by atoms with van der Waals surface area (Å²) in [5, 5.41) is 11.6. The lowest BCUT2D eigenvalue weighted by atomic mass is 9.99. The lowest BCUT2D eigenvalue weighted by molar-refractivity contribution is 0.0666. The number of oxime groups is 1. The number of carbonyl (C=O) groups is 1. The predicted molar refractivity (Wildman–Crippen MR) is 68.4 cm³/mol. The smallest absolute Gasteiger partial charge is 0.260 e. The third-order valence-electron chi connectivity index (χ3n) is 3.44. The Hall–Kier alpha value is -2.25. The Balaban J connectivity index is 2.38. The molecular formula is C13H14F3N3O2. The Morgan fingerprint density at radius 2 is 1.90 bits per heavy atom. The molecule has 0 bridgehead atoms. The Morgan fingerprint density at radius 3 is 2.48 bits per heavy atom. The Bertz CT molecular complexity index is 569. The van der Waals surface area contributed by atoms with Crippen LogP contribution in [0.3, 0.4) is 0 Å². The van der Waals surface area contributed by atoms with E-state index < -0.39 is 35.0 Å². The summed E-state index contributed by atoms with van der Waals surface area (Å²) in [7, 11) is 0. The molecule has 1 unspecified atom stereocenters. The number of rotatable bonds is 2. The van der Waals surface area contributed by atoms with Crippen LogP contribution in [0, 0.1) is 17.5 Å². The van der Waals surface area contributed by atoms with Crippen molar-refractivity contribution < 1.29 is 23.2 Å². The molecule has 21 heavy (non-hydrogen) atoms. The Morgan fingerprint density at radius 1 is 1.29 bits per heavy atom. The van der Waals surface area contributed by atoms with Crippen LogP contribution in [0.5, 0.6) is 0 Å². The van der Waals surface area contributed by atoms with Gasteiger partial charge in [0.25, 0.3) is 5.91 Å². The highest BCUT2D eigenvalue weighted by molar-refractivity contribution is 5.98. The molecule has 0 saturated carbocycles. The van der Waals surface area contributed by atoms with Crippen molar-refractivity contribution in [2.75, 3.05) is 6.54 Å². The van der Waals surface area contributed by atoms with Gasteiger partial charge in [-0.05, 0) is 19.3 Å². The van der Waals surface area contributed by atoms with Gasteiger partial charge in [-0.15, -0.1) is 0 Å². The second kappa shape index (κ2) is 6.02. The summed E-state index contributed by atoms with van der Waals surface area (Å²) in [6, 6.07) is 0.150. The fourth-order valence-corrected chi connectivity index (χ4v) is 2.44. The first-order valence-corrected chi connectivity index (χ1v) is 6.38. The molecule has 0 aliphatic carbocycles. The van der Waals surface area contributed by atoms with Crippen molar-refractivity contribution in [2.24, 2.45) is 10.9 Å². The Labute approximate surface area is 118 Å². The summed E-state index contributed by atoms with van der Waals surface area (Å²) in [6.45, 7) is 0.218. The SMILES string of the molecule is NC(=NO)C1CCCCN1C(=O)c1c(F)cc(F)cc1F. The molecule has 1 heterocycles. The van der Waals surface area contributed by atoms with Crippen molar-refractivity contribution in [3.05, 3.63) is 35.1 Å². The monoisotopic (exact) mass is 301 g/mol. The Kier molecular flexibility index (Phi) is 4.35. The molecule has 114 valence electrons. The van der Waals surface area contributed by atoms with Gasteiger partial charge in [0.2, 0.25) is 0 Å². The van der Waals surface area contributed by atoms with Gasteiger partial charge in [0.1, 0.15) is 23.0 Å². The van der Waals surface area contributed by atoms with Crippen molar-refractivity contribution in [1.82, 2.24) is 4.90 Å². The van der Waals surface area contributed by atoms with Gasteiger partial charge in [-0.3, -0.25) is 4.79 Å². The van der Waals surface area contributed by atoms with Crippen molar-refractivity contribution in [2.45, 2.75) is 25.3 Å². The molecule has 1 aromatic carbocycles. The molecule has 1 aromatic rings. The third-order valence-corrected chi connectivity index (χ3v) is 3.44. The molecule has 1 aliphatic rings. The first-order valence-electron chi connectivity index (χ1n) is 6.38. The topological polar surface area (TPSA) is 78.9 Å². The second-order valence-corrected chi connectivity index (χ2v) is 4.78. The number of carbonyl (C=O) groups excluding carboxylic acids is 1. The van der Waals surface area contributed by atoms with Gasteiger partial charge in [0.05, 0.1) is 6.04 Å². The molecule has 1 atom stereocenters. The number of likely N-dealkylation sites (tertiary alicyclic amines) is 1. The van der Waals surface area contributed by atoms with E-state index >= 15 is 0 Å². The number of amides is 1. The molecule has 1 amide bonds. The van der Waals surface area contributed by atoms with Crippen LogP contribution < -0.4 is 5.73 Å². The second-order valence-electron chi connectivity index (χ2n) is 4.78. The van der Waals surface area contributed by atoms with E-state index in [4.69, 9.17) is 10.9 Å². The first-order chi connectivity index (χ1) is 9.95. The molecule has 0 spiro atoms. The third kappa shape index (κ3) is 2.93. The number of benzene rings is 1. The van der Waals surface area contributed by atoms with Gasteiger partial charge in [-0.25, -0.2) is 13.2 Å². The van der Waals surface area contributed by atoms with Crippen molar-refractivity contribution >= 4 is 11.7 Å². The maximum atomic E-state index is 13.7. The molecule has 5 nitrogen and oxygen atoms in total. The molecular weight excluding hydrogens is 287 g/mol. The number of piperidine rings is 1. The normalized spacial score (nSPS) is 19.7. The number of halogens is 3. The van der Waals surface area contributed by atoms with Crippen LogP contribution in [0.2, 0.25) is 0 Å². The molecule has 0 aromatic heterocycles. The fourth-order valence-electron chi connectivity index (χ4n) is 2.44. The van der Waals surface area contributed by atoms with Gasteiger partial charge in [-0.1, -0.05) is 5.16 Å². The molecule has 2 rings (SSSR count). The average molecular weight is 301 g/mol. The lowest BCUT2D eigenvalue weighted by Crippen LogP contribution is -2.51. The molecule has 3 N–H and O–H groups in total. The van der Waals surface area contributed by atoms with Crippen molar-refractivity contribution in [1.29, 1.82) is 0 Å². The van der Waals surface area contributed by atoms with Crippen LogP contribution in [0.1, 0.15) is 29.6 Å². The van der Waals surface area contributed by atoms with Crippen LogP contribution in [0.4, 0.5) is 13.2 Å². The van der Waals surface area contributed by atoms with Crippen molar-refractivity contribution in [3.63, 3.8) is 0 Å². The minimum absolute atomic E-state index is 0.203. The standard InChI is InChI=1S/C13H14F3N3O2/c14-7-5-8(15)11(9(16)6-7)13(20)19-4-2-1-3-10(19)12(17)18-21/h5-6,10,21H,1-4H2,(H2,17,18). The highest BCUT2D eigenvalue weighted by Crippen LogP contribution is 2.23. The number of nitrogens with zero attached hydrogens (tertiary/aromatic N) is 2. The van der Waals surface area contributed by atoms with Crippen molar-refractivity contribution in [3.8, 4) is 0 Å². The van der Waals surface area contributed by atoms with E-state index in [2.05, 4.69) is 5.16 Å². The highest BCUT2D eigenvalue weighted by atomic mass is 19.1. The summed E-state index contributed by atoms with van der Waals surface area (Å²) in [4.78, 5) is 13.5. The number of hydrogen-bond donors (Lipinski definition) is 2. The van der Waals surface area contributed by atoms with Gasteiger partial charge in [0.15, 0.2) is 5.84 Å². The predicted octanol–water partition coefficient (Wildman–Crippen LogP) is 1.84. The summed E-state index contributed by atoms with van der Waals surface area (Å²) in [5.41, 5.74) is 4.67. The van der Waals surface area contributed by atoms with E-state index in [1.807, 2.05) is 0 Å². The van der Waals surface area contributed by atoms with E-state index in [-0.39, 0.29) is 12.4 Å². The minimum atomic E-state index is -1.28. The largest absolute Gasteiger partial charge is 0.409 e. The average Bonchev–Trinajstić information content (AvgIpc) is 2.45. The van der Waals surface area contributed by atoms with E-state index in [9.17, 15) is 18.0 Å². The van der Waals surface area contributed by atoms with E-state index in [0.29, 0.717) is 25.0 Å². The van der Waals surface area contributed by atoms with Gasteiger partial charge >= 0.3 is 0 Å². The summed E-state index contributed by atoms with van der Waals surface area (Å²) in [5.74, 6) is -4.80. The summed E-state index contributed by atoms with van der Waals surface area (Å²) in [6.07, 6.45) is 1.79. The zero-order valence-electron chi connectivity index (χ0n) is 11.0. The summed E-state index contributed by atoms with van der Waals surface area (Å²) >= 11 is 0. The number of amidine groups is 1. The fraction of sp³-hybridized carbons (Fsp3) is 0.385. The summed E-state index contributed by atoms with van der Waals surface area (Å²) < 4.78 is 40.3. The molecule has 1 aliphatic heterocycles. The van der Waals surface area contributed by atoms with Crippen LogP contribution >= 0.6 is 0 Å².